The molecule has 102 valence electrons. The van der Waals surface area contributed by atoms with Crippen LogP contribution in [-0.2, 0) is 0 Å². The van der Waals surface area contributed by atoms with Crippen molar-refractivity contribution in [2.24, 2.45) is 4.99 Å². The first-order chi connectivity index (χ1) is 9.58. The Labute approximate surface area is 121 Å². The highest BCUT2D eigenvalue weighted by Crippen LogP contribution is 2.34. The van der Waals surface area contributed by atoms with Crippen LogP contribution in [0, 0.1) is 25.2 Å². The zero-order valence-electron chi connectivity index (χ0n) is 11.5. The first kappa shape index (κ1) is 14.1. The largest absolute Gasteiger partial charge is 0.504 e. The zero-order chi connectivity index (χ0) is 14.7. The molecular weight excluding hydrogens is 272 g/mol. The lowest BCUT2D eigenvalue weighted by Crippen LogP contribution is -1.88. The molecule has 0 aliphatic carbocycles. The number of phenols is 1. The van der Waals surface area contributed by atoms with E-state index in [9.17, 15) is 5.11 Å². The number of rotatable bonds is 3. The van der Waals surface area contributed by atoms with E-state index in [0.717, 1.165) is 10.4 Å². The molecule has 0 fully saturated rings. The van der Waals surface area contributed by atoms with E-state index in [4.69, 9.17) is 10.00 Å². The van der Waals surface area contributed by atoms with E-state index in [-0.39, 0.29) is 5.75 Å². The van der Waals surface area contributed by atoms with E-state index < -0.39 is 0 Å². The van der Waals surface area contributed by atoms with Gasteiger partial charge in [0.15, 0.2) is 11.5 Å². The van der Waals surface area contributed by atoms with E-state index in [1.807, 2.05) is 13.8 Å². The van der Waals surface area contributed by atoms with Gasteiger partial charge in [-0.25, -0.2) is 4.99 Å². The molecule has 0 amide bonds. The second-order valence-electron chi connectivity index (χ2n) is 4.23. The maximum Gasteiger partial charge on any atom is 0.166 e. The van der Waals surface area contributed by atoms with Gasteiger partial charge in [-0.05, 0) is 31.5 Å². The number of phenolic OH excluding ortho intramolecular Hbond substituents is 1. The van der Waals surface area contributed by atoms with Crippen LogP contribution in [0.25, 0.3) is 0 Å². The minimum Gasteiger partial charge on any atom is -0.504 e. The van der Waals surface area contributed by atoms with Crippen molar-refractivity contribution in [2.75, 3.05) is 7.11 Å². The number of benzene rings is 1. The Morgan fingerprint density at radius 1 is 1.40 bits per heavy atom. The molecule has 20 heavy (non-hydrogen) atoms. The Balaban J connectivity index is 2.40. The first-order valence-electron chi connectivity index (χ1n) is 5.98. The van der Waals surface area contributed by atoms with Crippen molar-refractivity contribution < 1.29 is 9.84 Å². The van der Waals surface area contributed by atoms with Gasteiger partial charge in [0, 0.05) is 16.7 Å². The third-order valence-corrected chi connectivity index (χ3v) is 4.16. The molecule has 5 heteroatoms. The summed E-state index contributed by atoms with van der Waals surface area (Å²) < 4.78 is 5.04. The molecule has 1 heterocycles. The van der Waals surface area contributed by atoms with Crippen molar-refractivity contribution in [3.63, 3.8) is 0 Å². The number of hydrogen-bond donors (Lipinski definition) is 1. The SMILES string of the molecule is COc1cccc(C=Nc2sc(C)c(C)c2C#N)c1O. The molecule has 0 aliphatic heterocycles. The summed E-state index contributed by atoms with van der Waals surface area (Å²) >= 11 is 1.47. The van der Waals surface area contributed by atoms with Gasteiger partial charge in [0.05, 0.1) is 12.7 Å². The van der Waals surface area contributed by atoms with Gasteiger partial charge in [0.2, 0.25) is 0 Å². The molecule has 0 atom stereocenters. The summed E-state index contributed by atoms with van der Waals surface area (Å²) in [4.78, 5) is 5.39. The number of hydrogen-bond acceptors (Lipinski definition) is 5. The summed E-state index contributed by atoms with van der Waals surface area (Å²) in [5.41, 5.74) is 2.10. The van der Waals surface area contributed by atoms with Crippen LogP contribution in [-0.4, -0.2) is 18.4 Å². The van der Waals surface area contributed by atoms with Crippen molar-refractivity contribution in [3.8, 4) is 17.6 Å². The zero-order valence-corrected chi connectivity index (χ0v) is 12.3. The normalized spacial score (nSPS) is 10.7. The lowest BCUT2D eigenvalue weighted by Gasteiger charge is -2.04. The fraction of sp³-hybridized carbons (Fsp3) is 0.200. The quantitative estimate of drug-likeness (QED) is 0.875. The maximum absolute atomic E-state index is 9.98. The molecule has 1 aromatic carbocycles. The summed E-state index contributed by atoms with van der Waals surface area (Å²) in [7, 11) is 1.50. The number of para-hydroxylation sites is 1. The molecule has 0 saturated heterocycles. The van der Waals surface area contributed by atoms with Gasteiger partial charge in [-0.2, -0.15) is 5.26 Å². The molecule has 1 N–H and O–H groups in total. The minimum absolute atomic E-state index is 0.0438. The number of thiophene rings is 1. The highest BCUT2D eigenvalue weighted by atomic mass is 32.1. The van der Waals surface area contributed by atoms with Crippen LogP contribution in [0.4, 0.5) is 5.00 Å². The minimum atomic E-state index is 0.0438. The molecule has 2 aromatic rings. The lowest BCUT2D eigenvalue weighted by molar-refractivity contribution is 0.373. The molecule has 2 rings (SSSR count). The van der Waals surface area contributed by atoms with Crippen LogP contribution < -0.4 is 4.74 Å². The van der Waals surface area contributed by atoms with Crippen LogP contribution in [0.1, 0.15) is 21.6 Å². The number of nitriles is 1. The number of methoxy groups -OCH3 is 1. The highest BCUT2D eigenvalue weighted by molar-refractivity contribution is 7.16. The summed E-state index contributed by atoms with van der Waals surface area (Å²) in [6, 6.07) is 7.35. The second-order valence-corrected chi connectivity index (χ2v) is 5.43. The van der Waals surface area contributed by atoms with Crippen molar-refractivity contribution in [2.45, 2.75) is 13.8 Å². The van der Waals surface area contributed by atoms with Gasteiger partial charge >= 0.3 is 0 Å². The van der Waals surface area contributed by atoms with Gasteiger partial charge in [-0.15, -0.1) is 11.3 Å². The van der Waals surface area contributed by atoms with Gasteiger partial charge < -0.3 is 9.84 Å². The van der Waals surface area contributed by atoms with Gasteiger partial charge in [-0.1, -0.05) is 6.07 Å². The van der Waals surface area contributed by atoms with Crippen LogP contribution in [0.2, 0.25) is 0 Å². The van der Waals surface area contributed by atoms with Crippen molar-refractivity contribution >= 4 is 22.6 Å². The fourth-order valence-electron chi connectivity index (χ4n) is 1.77. The molecule has 4 nitrogen and oxygen atoms in total. The monoisotopic (exact) mass is 286 g/mol. The molecule has 0 bridgehead atoms. The van der Waals surface area contributed by atoms with Crippen LogP contribution in [0.15, 0.2) is 23.2 Å². The standard InChI is InChI=1S/C15H14N2O2S/c1-9-10(2)20-15(12(9)7-16)17-8-11-5-4-6-13(19-3)14(11)18/h4-6,8,18H,1-3H3. The van der Waals surface area contributed by atoms with Crippen molar-refractivity contribution in [3.05, 3.63) is 39.8 Å². The fourth-order valence-corrected chi connectivity index (χ4v) is 2.72. The molecule has 1 aromatic heterocycles. The number of aromatic hydroxyl groups is 1. The van der Waals surface area contributed by atoms with E-state index >= 15 is 0 Å². The lowest BCUT2D eigenvalue weighted by atomic mass is 10.2. The molecule has 0 unspecified atom stereocenters. The first-order valence-corrected chi connectivity index (χ1v) is 6.80. The Kier molecular flexibility index (Phi) is 4.06. The predicted octanol–water partition coefficient (Wildman–Crippen LogP) is 3.70. The number of aryl methyl sites for hydroxylation is 1. The number of aliphatic imine (C=N–C) groups is 1. The Morgan fingerprint density at radius 3 is 2.80 bits per heavy atom. The van der Waals surface area contributed by atoms with Crippen molar-refractivity contribution in [1.29, 1.82) is 5.26 Å². The summed E-state index contributed by atoms with van der Waals surface area (Å²) in [5.74, 6) is 0.440. The van der Waals surface area contributed by atoms with E-state index in [1.165, 1.54) is 18.4 Å². The average Bonchev–Trinajstić information content (AvgIpc) is 2.72. The molecule has 0 saturated carbocycles. The average molecular weight is 286 g/mol. The Morgan fingerprint density at radius 2 is 2.15 bits per heavy atom. The topological polar surface area (TPSA) is 65.6 Å². The number of nitrogens with zero attached hydrogens (tertiary/aromatic N) is 2. The van der Waals surface area contributed by atoms with Crippen LogP contribution in [0.5, 0.6) is 11.5 Å². The third-order valence-electron chi connectivity index (χ3n) is 3.05. The van der Waals surface area contributed by atoms with Gasteiger partial charge in [0.1, 0.15) is 11.1 Å². The smallest absolute Gasteiger partial charge is 0.166 e. The van der Waals surface area contributed by atoms with E-state index in [0.29, 0.717) is 21.9 Å². The van der Waals surface area contributed by atoms with Crippen LogP contribution in [0.3, 0.4) is 0 Å². The van der Waals surface area contributed by atoms with Gasteiger partial charge in [-0.3, -0.25) is 0 Å². The number of ether oxygens (including phenoxy) is 1. The summed E-state index contributed by atoms with van der Waals surface area (Å²) in [5, 5.41) is 19.8. The van der Waals surface area contributed by atoms with Crippen molar-refractivity contribution in [1.82, 2.24) is 0 Å². The van der Waals surface area contributed by atoms with Gasteiger partial charge in [0.25, 0.3) is 0 Å². The van der Waals surface area contributed by atoms with Crippen LogP contribution >= 0.6 is 11.3 Å². The third kappa shape index (κ3) is 2.51. The predicted molar refractivity (Wildman–Crippen MR) is 80.4 cm³/mol. The summed E-state index contributed by atoms with van der Waals surface area (Å²) in [6.07, 6.45) is 1.55. The van der Waals surface area contributed by atoms with E-state index in [1.54, 1.807) is 24.4 Å². The second kappa shape index (κ2) is 5.76. The Bertz CT molecular complexity index is 711. The molecule has 0 radical (unpaired) electrons. The molecule has 0 spiro atoms. The maximum atomic E-state index is 9.98. The summed E-state index contributed by atoms with van der Waals surface area (Å²) in [6.45, 7) is 3.87. The highest BCUT2D eigenvalue weighted by Gasteiger charge is 2.11. The molecular formula is C15H14N2O2S. The Hall–Kier alpha value is -2.32. The molecule has 0 aliphatic rings. The van der Waals surface area contributed by atoms with E-state index in [2.05, 4.69) is 11.1 Å².